The maximum Gasteiger partial charge on any atom is 0.308 e. The molecule has 0 bridgehead atoms. The number of hydrazone groups is 1. The third-order valence-electron chi connectivity index (χ3n) is 5.72. The van der Waals surface area contributed by atoms with Crippen molar-refractivity contribution in [3.05, 3.63) is 65.7 Å². The molecule has 0 atom stereocenters. The van der Waals surface area contributed by atoms with Gasteiger partial charge in [-0.1, -0.05) is 42.5 Å². The minimum atomic E-state index is -0.436. The van der Waals surface area contributed by atoms with Gasteiger partial charge in [0, 0.05) is 45.2 Å². The van der Waals surface area contributed by atoms with E-state index in [1.54, 1.807) is 18.3 Å². The number of rotatable bonds is 7. The summed E-state index contributed by atoms with van der Waals surface area (Å²) in [6.45, 7) is 5.86. The van der Waals surface area contributed by atoms with Crippen LogP contribution in [0, 0.1) is 0 Å². The Labute approximate surface area is 194 Å². The molecule has 4 rings (SSSR count). The molecular weight excluding hydrogens is 418 g/mol. The second-order valence-corrected chi connectivity index (χ2v) is 7.96. The first kappa shape index (κ1) is 22.6. The first-order valence-corrected chi connectivity index (χ1v) is 11.0. The number of fused-ring (bicyclic) bond motifs is 1. The van der Waals surface area contributed by atoms with Gasteiger partial charge in [-0.15, -0.1) is 0 Å². The first-order valence-electron chi connectivity index (χ1n) is 11.0. The quantitative estimate of drug-likeness (QED) is 0.311. The van der Waals surface area contributed by atoms with Gasteiger partial charge in [0.15, 0.2) is 11.5 Å². The van der Waals surface area contributed by atoms with E-state index in [0.717, 1.165) is 38.3 Å². The molecule has 0 aliphatic carbocycles. The van der Waals surface area contributed by atoms with E-state index in [1.807, 2.05) is 0 Å². The van der Waals surface area contributed by atoms with Crippen LogP contribution in [0.5, 0.6) is 17.2 Å². The predicted molar refractivity (Wildman–Crippen MR) is 129 cm³/mol. The molecule has 1 aliphatic heterocycles. The van der Waals surface area contributed by atoms with Crippen molar-refractivity contribution >= 4 is 23.0 Å². The fourth-order valence-electron chi connectivity index (χ4n) is 4.05. The summed E-state index contributed by atoms with van der Waals surface area (Å²) in [4.78, 5) is 13.9. The summed E-state index contributed by atoms with van der Waals surface area (Å²) in [5.74, 6) is 0.679. The molecule has 1 fully saturated rings. The fourth-order valence-corrected chi connectivity index (χ4v) is 4.05. The molecule has 0 amide bonds. The second kappa shape index (κ2) is 10.4. The third kappa shape index (κ3) is 5.43. The summed E-state index contributed by atoms with van der Waals surface area (Å²) in [6, 6.07) is 18.6. The number of hydrogen-bond donors (Lipinski definition) is 0. The Morgan fingerprint density at radius 1 is 0.970 bits per heavy atom. The normalized spacial score (nSPS) is 14.6. The average molecular weight is 448 g/mol. The minimum absolute atomic E-state index is 0.270. The number of carbonyl (C=O) groups is 1. The van der Waals surface area contributed by atoms with Crippen LogP contribution >= 0.6 is 0 Å². The minimum Gasteiger partial charge on any atom is -0.493 e. The highest BCUT2D eigenvalue weighted by Crippen LogP contribution is 2.38. The van der Waals surface area contributed by atoms with Crippen LogP contribution in [0.4, 0.5) is 0 Å². The zero-order valence-electron chi connectivity index (χ0n) is 19.3. The standard InChI is InChI=1S/C26H29N3O4/c1-19(30)33-26-24(31-2)15-20(16-25(26)32-3)17-27-29-13-11-28(12-14-29)18-22-9-6-8-21-7-4-5-10-23(21)22/h4-10,15-17H,11-14,18H2,1-3H3. The average Bonchev–Trinajstić information content (AvgIpc) is 2.84. The number of hydrogen-bond acceptors (Lipinski definition) is 7. The molecule has 7 heteroatoms. The van der Waals surface area contributed by atoms with Gasteiger partial charge in [-0.2, -0.15) is 5.10 Å². The summed E-state index contributed by atoms with van der Waals surface area (Å²) >= 11 is 0. The van der Waals surface area contributed by atoms with Crippen molar-refractivity contribution in [3.8, 4) is 17.2 Å². The van der Waals surface area contributed by atoms with Gasteiger partial charge in [0.1, 0.15) is 0 Å². The molecule has 172 valence electrons. The van der Waals surface area contributed by atoms with Crippen LogP contribution in [-0.4, -0.2) is 62.5 Å². The van der Waals surface area contributed by atoms with Gasteiger partial charge in [0.05, 0.1) is 20.4 Å². The SMILES string of the molecule is COc1cc(C=NN2CCN(Cc3cccc4ccccc34)CC2)cc(OC)c1OC(C)=O. The van der Waals surface area contributed by atoms with Gasteiger partial charge in [-0.3, -0.25) is 14.7 Å². The van der Waals surface area contributed by atoms with Gasteiger partial charge in [0.2, 0.25) is 5.75 Å². The van der Waals surface area contributed by atoms with E-state index < -0.39 is 5.97 Å². The number of carbonyl (C=O) groups excluding carboxylic acids is 1. The summed E-state index contributed by atoms with van der Waals surface area (Å²) in [6.07, 6.45) is 1.78. The molecule has 0 radical (unpaired) electrons. The topological polar surface area (TPSA) is 63.6 Å². The molecule has 3 aromatic rings. The highest BCUT2D eigenvalue weighted by atomic mass is 16.6. The number of methoxy groups -OCH3 is 2. The van der Waals surface area contributed by atoms with Gasteiger partial charge < -0.3 is 14.2 Å². The molecule has 0 spiro atoms. The lowest BCUT2D eigenvalue weighted by Crippen LogP contribution is -2.43. The number of ether oxygens (including phenoxy) is 3. The van der Waals surface area contributed by atoms with E-state index in [9.17, 15) is 4.79 Å². The van der Waals surface area contributed by atoms with Gasteiger partial charge in [-0.25, -0.2) is 0 Å². The monoisotopic (exact) mass is 447 g/mol. The van der Waals surface area contributed by atoms with Crippen LogP contribution in [0.15, 0.2) is 59.7 Å². The number of piperazine rings is 1. The fraction of sp³-hybridized carbons (Fsp3) is 0.308. The van der Waals surface area contributed by atoms with Crippen molar-refractivity contribution < 1.29 is 19.0 Å². The largest absolute Gasteiger partial charge is 0.493 e. The lowest BCUT2D eigenvalue weighted by Gasteiger charge is -2.33. The van der Waals surface area contributed by atoms with E-state index in [4.69, 9.17) is 14.2 Å². The second-order valence-electron chi connectivity index (χ2n) is 7.96. The van der Waals surface area contributed by atoms with E-state index >= 15 is 0 Å². The summed E-state index contributed by atoms with van der Waals surface area (Å²) in [5, 5.41) is 9.32. The van der Waals surface area contributed by atoms with Gasteiger partial charge in [-0.05, 0) is 28.5 Å². The first-order chi connectivity index (χ1) is 16.1. The Balaban J connectivity index is 1.39. The predicted octanol–water partition coefficient (Wildman–Crippen LogP) is 3.93. The molecule has 7 nitrogen and oxygen atoms in total. The number of benzene rings is 3. The molecule has 1 saturated heterocycles. The summed E-state index contributed by atoms with van der Waals surface area (Å²) in [5.41, 5.74) is 2.16. The van der Waals surface area contributed by atoms with E-state index in [0.29, 0.717) is 11.5 Å². The summed E-state index contributed by atoms with van der Waals surface area (Å²) in [7, 11) is 3.05. The van der Waals surface area contributed by atoms with Crippen LogP contribution in [0.2, 0.25) is 0 Å². The van der Waals surface area contributed by atoms with Crippen LogP contribution < -0.4 is 14.2 Å². The van der Waals surface area contributed by atoms with Crippen LogP contribution in [0.1, 0.15) is 18.1 Å². The lowest BCUT2D eigenvalue weighted by molar-refractivity contribution is -0.132. The molecule has 1 heterocycles. The van der Waals surface area contributed by atoms with E-state index in [-0.39, 0.29) is 5.75 Å². The molecule has 1 aliphatic rings. The van der Waals surface area contributed by atoms with Crippen molar-refractivity contribution in [1.29, 1.82) is 0 Å². The van der Waals surface area contributed by atoms with Crippen LogP contribution in [0.25, 0.3) is 10.8 Å². The Bertz CT molecular complexity index is 1120. The van der Waals surface area contributed by atoms with Crippen molar-refractivity contribution in [2.45, 2.75) is 13.5 Å². The highest BCUT2D eigenvalue weighted by molar-refractivity contribution is 5.85. The number of nitrogens with zero attached hydrogens (tertiary/aromatic N) is 3. The van der Waals surface area contributed by atoms with Crippen molar-refractivity contribution in [2.24, 2.45) is 5.10 Å². The van der Waals surface area contributed by atoms with Crippen molar-refractivity contribution in [2.75, 3.05) is 40.4 Å². The molecular formula is C26H29N3O4. The van der Waals surface area contributed by atoms with Gasteiger partial charge in [0.25, 0.3) is 0 Å². The van der Waals surface area contributed by atoms with Crippen molar-refractivity contribution in [1.82, 2.24) is 9.91 Å². The molecule has 0 unspecified atom stereocenters. The van der Waals surface area contributed by atoms with Crippen LogP contribution in [0.3, 0.4) is 0 Å². The highest BCUT2D eigenvalue weighted by Gasteiger charge is 2.18. The zero-order chi connectivity index (χ0) is 23.2. The molecule has 0 saturated carbocycles. The molecule has 33 heavy (non-hydrogen) atoms. The van der Waals surface area contributed by atoms with E-state index in [2.05, 4.69) is 57.5 Å². The van der Waals surface area contributed by atoms with Crippen LogP contribution in [-0.2, 0) is 11.3 Å². The Kier molecular flexibility index (Phi) is 7.10. The molecule has 0 N–H and O–H groups in total. The summed E-state index contributed by atoms with van der Waals surface area (Å²) < 4.78 is 16.0. The maximum atomic E-state index is 11.4. The van der Waals surface area contributed by atoms with E-state index in [1.165, 1.54) is 37.5 Å². The molecule has 0 aromatic heterocycles. The lowest BCUT2D eigenvalue weighted by atomic mass is 10.0. The third-order valence-corrected chi connectivity index (χ3v) is 5.72. The van der Waals surface area contributed by atoms with Crippen molar-refractivity contribution in [3.63, 3.8) is 0 Å². The van der Waals surface area contributed by atoms with Gasteiger partial charge >= 0.3 is 5.97 Å². The Morgan fingerprint density at radius 3 is 2.30 bits per heavy atom. The zero-order valence-corrected chi connectivity index (χ0v) is 19.3. The Morgan fingerprint density at radius 2 is 1.64 bits per heavy atom. The number of esters is 1. The Hall–Kier alpha value is -3.58. The smallest absolute Gasteiger partial charge is 0.308 e. The molecule has 3 aromatic carbocycles. The maximum absolute atomic E-state index is 11.4.